The molecule has 0 aromatic carbocycles. The molecule has 6 nitrogen and oxygen atoms in total. The molecule has 1 aliphatic heterocycles. The number of hydrogen-bond donors (Lipinski definition) is 0. The summed E-state index contributed by atoms with van der Waals surface area (Å²) in [6.07, 6.45) is 4.32. The van der Waals surface area contributed by atoms with Gasteiger partial charge in [-0.05, 0) is 46.6 Å². The number of carbonyl (C=O) groups excluding carboxylic acids is 1. The molecular weight excluding hydrogens is 270 g/mol. The lowest BCUT2D eigenvalue weighted by Crippen LogP contribution is -2.37. The topological polar surface area (TPSA) is 64.4 Å². The molecule has 1 aliphatic rings. The van der Waals surface area contributed by atoms with Crippen LogP contribution >= 0.6 is 0 Å². The molecule has 0 bridgehead atoms. The average Bonchev–Trinajstić information content (AvgIpc) is 2.40. The molecule has 0 saturated carbocycles. The lowest BCUT2D eigenvalue weighted by atomic mass is 10.2. The van der Waals surface area contributed by atoms with Crippen LogP contribution in [0, 0.1) is 6.92 Å². The standard InChI is InChI=1S/C15H21N3O3/c1-11-7-8-16-18(13(11)19)12-6-5-9-17(10-12)14(20)21-15(2,3)4/h7-8,10H,5-6,9H2,1-4H3. The Morgan fingerprint density at radius 1 is 1.38 bits per heavy atom. The number of allylic oxidation sites excluding steroid dienone is 1. The third-order valence-electron chi connectivity index (χ3n) is 3.07. The van der Waals surface area contributed by atoms with Crippen LogP contribution in [0.2, 0.25) is 0 Å². The van der Waals surface area contributed by atoms with Crippen LogP contribution in [0.25, 0.3) is 5.70 Å². The molecule has 0 unspecified atom stereocenters. The largest absolute Gasteiger partial charge is 0.443 e. The first kappa shape index (κ1) is 15.3. The molecule has 0 radical (unpaired) electrons. The number of rotatable bonds is 1. The van der Waals surface area contributed by atoms with Gasteiger partial charge in [-0.2, -0.15) is 9.78 Å². The molecule has 0 spiro atoms. The highest BCUT2D eigenvalue weighted by atomic mass is 16.6. The van der Waals surface area contributed by atoms with Gasteiger partial charge in [0, 0.05) is 24.5 Å². The Morgan fingerprint density at radius 3 is 2.76 bits per heavy atom. The summed E-state index contributed by atoms with van der Waals surface area (Å²) in [6.45, 7) is 7.80. The zero-order chi connectivity index (χ0) is 15.6. The van der Waals surface area contributed by atoms with E-state index in [1.54, 1.807) is 25.4 Å². The summed E-state index contributed by atoms with van der Waals surface area (Å²) in [5, 5.41) is 4.09. The van der Waals surface area contributed by atoms with E-state index in [4.69, 9.17) is 4.74 Å². The lowest BCUT2D eigenvalue weighted by Gasteiger charge is -2.28. The van der Waals surface area contributed by atoms with Crippen LogP contribution < -0.4 is 5.56 Å². The highest BCUT2D eigenvalue weighted by Gasteiger charge is 2.24. The summed E-state index contributed by atoms with van der Waals surface area (Å²) in [6, 6.07) is 1.67. The molecular formula is C15H21N3O3. The number of carbonyl (C=O) groups is 1. The third kappa shape index (κ3) is 3.71. The quantitative estimate of drug-likeness (QED) is 0.797. The monoisotopic (exact) mass is 291 g/mol. The summed E-state index contributed by atoms with van der Waals surface area (Å²) in [4.78, 5) is 25.7. The summed E-state index contributed by atoms with van der Waals surface area (Å²) in [7, 11) is 0. The Kier molecular flexibility index (Phi) is 4.16. The van der Waals surface area contributed by atoms with Gasteiger partial charge in [0.05, 0.1) is 5.70 Å². The van der Waals surface area contributed by atoms with Crippen LogP contribution in [0.1, 0.15) is 39.2 Å². The number of aromatic nitrogens is 2. The van der Waals surface area contributed by atoms with Crippen LogP contribution in [0.4, 0.5) is 4.79 Å². The Labute approximate surface area is 124 Å². The van der Waals surface area contributed by atoms with Crippen molar-refractivity contribution in [1.29, 1.82) is 0 Å². The van der Waals surface area contributed by atoms with Crippen LogP contribution in [0.5, 0.6) is 0 Å². The molecule has 1 aromatic heterocycles. The number of nitrogens with zero attached hydrogens (tertiary/aromatic N) is 3. The Balaban J connectivity index is 2.27. The number of hydrogen-bond acceptors (Lipinski definition) is 4. The summed E-state index contributed by atoms with van der Waals surface area (Å²) >= 11 is 0. The van der Waals surface area contributed by atoms with Crippen molar-refractivity contribution in [2.45, 2.75) is 46.1 Å². The first-order valence-electron chi connectivity index (χ1n) is 7.03. The third-order valence-corrected chi connectivity index (χ3v) is 3.07. The van der Waals surface area contributed by atoms with Gasteiger partial charge in [-0.15, -0.1) is 0 Å². The fourth-order valence-electron chi connectivity index (χ4n) is 2.07. The molecule has 0 N–H and O–H groups in total. The van der Waals surface area contributed by atoms with Gasteiger partial charge in [-0.3, -0.25) is 9.69 Å². The zero-order valence-electron chi connectivity index (χ0n) is 12.9. The van der Waals surface area contributed by atoms with E-state index in [1.165, 1.54) is 9.58 Å². The van der Waals surface area contributed by atoms with E-state index >= 15 is 0 Å². The summed E-state index contributed by atoms with van der Waals surface area (Å²) in [5.74, 6) is 0. The maximum absolute atomic E-state index is 12.1. The van der Waals surface area contributed by atoms with E-state index in [9.17, 15) is 9.59 Å². The fourth-order valence-corrected chi connectivity index (χ4v) is 2.07. The zero-order valence-corrected chi connectivity index (χ0v) is 12.9. The van der Waals surface area contributed by atoms with Crippen molar-refractivity contribution >= 4 is 11.8 Å². The second kappa shape index (κ2) is 5.71. The Bertz CT molecular complexity index is 626. The molecule has 6 heteroatoms. The van der Waals surface area contributed by atoms with Crippen LogP contribution in [-0.2, 0) is 4.74 Å². The van der Waals surface area contributed by atoms with E-state index in [0.29, 0.717) is 24.2 Å². The second-order valence-corrected chi connectivity index (χ2v) is 6.13. The van der Waals surface area contributed by atoms with Crippen LogP contribution in [-0.4, -0.2) is 32.9 Å². The molecule has 21 heavy (non-hydrogen) atoms. The highest BCUT2D eigenvalue weighted by Crippen LogP contribution is 2.19. The first-order valence-corrected chi connectivity index (χ1v) is 7.03. The van der Waals surface area contributed by atoms with Gasteiger partial charge in [-0.1, -0.05) is 0 Å². The van der Waals surface area contributed by atoms with E-state index in [1.807, 2.05) is 20.8 Å². The molecule has 0 atom stereocenters. The number of ether oxygens (including phenoxy) is 1. The van der Waals surface area contributed by atoms with Gasteiger partial charge in [0.25, 0.3) is 5.56 Å². The number of aryl methyl sites for hydroxylation is 1. The average molecular weight is 291 g/mol. The van der Waals surface area contributed by atoms with Gasteiger partial charge >= 0.3 is 6.09 Å². The number of amides is 1. The van der Waals surface area contributed by atoms with Crippen molar-refractivity contribution in [3.05, 3.63) is 34.4 Å². The minimum Gasteiger partial charge on any atom is -0.443 e. The van der Waals surface area contributed by atoms with Crippen molar-refractivity contribution in [3.8, 4) is 0 Å². The van der Waals surface area contributed by atoms with Crippen LogP contribution in [0.3, 0.4) is 0 Å². The maximum Gasteiger partial charge on any atom is 0.414 e. The van der Waals surface area contributed by atoms with Crippen molar-refractivity contribution < 1.29 is 9.53 Å². The fraction of sp³-hybridized carbons (Fsp3) is 0.533. The minimum atomic E-state index is -0.541. The van der Waals surface area contributed by atoms with E-state index < -0.39 is 11.7 Å². The van der Waals surface area contributed by atoms with Crippen molar-refractivity contribution in [3.63, 3.8) is 0 Å². The molecule has 0 aliphatic carbocycles. The SMILES string of the molecule is Cc1ccnn(C2=CN(C(=O)OC(C)(C)C)CCC2)c1=O. The van der Waals surface area contributed by atoms with Gasteiger partial charge in [-0.25, -0.2) is 4.79 Å². The second-order valence-electron chi connectivity index (χ2n) is 6.13. The van der Waals surface area contributed by atoms with Gasteiger partial charge < -0.3 is 4.74 Å². The predicted molar refractivity (Wildman–Crippen MR) is 79.7 cm³/mol. The van der Waals surface area contributed by atoms with E-state index in [2.05, 4.69) is 5.10 Å². The highest BCUT2D eigenvalue weighted by molar-refractivity contribution is 5.71. The van der Waals surface area contributed by atoms with E-state index in [-0.39, 0.29) is 5.56 Å². The molecule has 0 saturated heterocycles. The molecule has 1 amide bonds. The smallest absolute Gasteiger partial charge is 0.414 e. The summed E-state index contributed by atoms with van der Waals surface area (Å²) in [5.41, 5.74) is 0.636. The van der Waals surface area contributed by atoms with Gasteiger partial charge in [0.1, 0.15) is 5.60 Å². The molecule has 2 rings (SSSR count). The molecule has 1 aromatic rings. The predicted octanol–water partition coefficient (Wildman–Crippen LogP) is 2.38. The van der Waals surface area contributed by atoms with E-state index in [0.717, 1.165) is 6.42 Å². The van der Waals surface area contributed by atoms with Crippen molar-refractivity contribution in [1.82, 2.24) is 14.7 Å². The minimum absolute atomic E-state index is 0.158. The first-order chi connectivity index (χ1) is 9.78. The summed E-state index contributed by atoms with van der Waals surface area (Å²) < 4.78 is 6.70. The maximum atomic E-state index is 12.1. The van der Waals surface area contributed by atoms with Crippen LogP contribution in [0.15, 0.2) is 23.3 Å². The molecule has 114 valence electrons. The van der Waals surface area contributed by atoms with Crippen molar-refractivity contribution in [2.24, 2.45) is 0 Å². The normalized spacial score (nSPS) is 15.6. The Hall–Kier alpha value is -2.11. The van der Waals surface area contributed by atoms with Crippen molar-refractivity contribution in [2.75, 3.05) is 6.54 Å². The Morgan fingerprint density at radius 2 is 2.10 bits per heavy atom. The lowest BCUT2D eigenvalue weighted by molar-refractivity contribution is 0.0328. The van der Waals surface area contributed by atoms with Gasteiger partial charge in [0.2, 0.25) is 0 Å². The molecule has 2 heterocycles. The van der Waals surface area contributed by atoms with Gasteiger partial charge in [0.15, 0.2) is 0 Å². The molecule has 0 fully saturated rings.